The van der Waals surface area contributed by atoms with Crippen LogP contribution in [0.1, 0.15) is 13.8 Å². The minimum Gasteiger partial charge on any atom is -0.302 e. The summed E-state index contributed by atoms with van der Waals surface area (Å²) in [6.07, 6.45) is 0. The first kappa shape index (κ1) is 10.5. The summed E-state index contributed by atoms with van der Waals surface area (Å²) in [6.45, 7) is 7.26. The highest BCUT2D eigenvalue weighted by Crippen LogP contribution is 2.01. The standard InChI is InChI=1S/C7H15Cl2N/c1-3-10(4-2)6-7(9)5-8/h7H,3-6H2,1-2H3. The van der Waals surface area contributed by atoms with Crippen molar-refractivity contribution in [2.75, 3.05) is 25.5 Å². The van der Waals surface area contributed by atoms with Gasteiger partial charge in [-0.05, 0) is 13.1 Å². The van der Waals surface area contributed by atoms with Gasteiger partial charge in [0.1, 0.15) is 0 Å². The van der Waals surface area contributed by atoms with Crippen molar-refractivity contribution in [3.05, 3.63) is 0 Å². The van der Waals surface area contributed by atoms with Crippen LogP contribution in [0, 0.1) is 0 Å². The van der Waals surface area contributed by atoms with E-state index in [1.165, 1.54) is 0 Å². The minimum absolute atomic E-state index is 0.0987. The van der Waals surface area contributed by atoms with Crippen LogP contribution in [0.3, 0.4) is 0 Å². The number of rotatable bonds is 5. The van der Waals surface area contributed by atoms with E-state index in [9.17, 15) is 0 Å². The van der Waals surface area contributed by atoms with Gasteiger partial charge in [0.05, 0.1) is 5.38 Å². The number of hydrogen-bond acceptors (Lipinski definition) is 1. The molecule has 0 heterocycles. The average molecular weight is 184 g/mol. The molecule has 0 spiro atoms. The fourth-order valence-corrected chi connectivity index (χ4v) is 1.10. The molecule has 0 aromatic rings. The van der Waals surface area contributed by atoms with Gasteiger partial charge in [0.25, 0.3) is 0 Å². The van der Waals surface area contributed by atoms with E-state index in [0.717, 1.165) is 19.6 Å². The van der Waals surface area contributed by atoms with Crippen molar-refractivity contribution in [1.29, 1.82) is 0 Å². The lowest BCUT2D eigenvalue weighted by molar-refractivity contribution is 0.307. The van der Waals surface area contributed by atoms with Crippen molar-refractivity contribution in [3.8, 4) is 0 Å². The molecule has 0 bridgehead atoms. The van der Waals surface area contributed by atoms with Gasteiger partial charge in [-0.1, -0.05) is 13.8 Å². The van der Waals surface area contributed by atoms with Crippen LogP contribution in [0.15, 0.2) is 0 Å². The number of hydrogen-bond donors (Lipinski definition) is 0. The molecule has 3 heteroatoms. The Balaban J connectivity index is 3.41. The molecular formula is C7H15Cl2N. The van der Waals surface area contributed by atoms with Gasteiger partial charge in [-0.3, -0.25) is 0 Å². The molecule has 0 aliphatic carbocycles. The molecule has 0 radical (unpaired) electrons. The Morgan fingerprint density at radius 3 is 2.10 bits per heavy atom. The normalized spacial score (nSPS) is 14.1. The monoisotopic (exact) mass is 183 g/mol. The molecule has 1 nitrogen and oxygen atoms in total. The predicted octanol–water partition coefficient (Wildman–Crippen LogP) is 2.17. The second kappa shape index (κ2) is 6.26. The summed E-state index contributed by atoms with van der Waals surface area (Å²) in [5, 5.41) is 0.0987. The molecule has 1 atom stereocenters. The number of alkyl halides is 2. The maximum absolute atomic E-state index is 5.84. The van der Waals surface area contributed by atoms with Crippen LogP contribution in [0.5, 0.6) is 0 Å². The predicted molar refractivity (Wildman–Crippen MR) is 48.1 cm³/mol. The zero-order valence-corrected chi connectivity index (χ0v) is 8.12. The highest BCUT2D eigenvalue weighted by Gasteiger charge is 2.06. The van der Waals surface area contributed by atoms with Gasteiger partial charge in [-0.2, -0.15) is 0 Å². The SMILES string of the molecule is CCN(CC)CC(Cl)CCl. The fourth-order valence-electron chi connectivity index (χ4n) is 0.811. The molecule has 0 aromatic heterocycles. The van der Waals surface area contributed by atoms with Gasteiger partial charge in [-0.15, -0.1) is 23.2 Å². The quantitative estimate of drug-likeness (QED) is 0.592. The van der Waals surface area contributed by atoms with Crippen LogP contribution in [0.2, 0.25) is 0 Å². The van der Waals surface area contributed by atoms with E-state index in [0.29, 0.717) is 5.88 Å². The zero-order valence-electron chi connectivity index (χ0n) is 6.61. The summed E-state index contributed by atoms with van der Waals surface area (Å²) in [6, 6.07) is 0. The Morgan fingerprint density at radius 2 is 1.80 bits per heavy atom. The second-order valence-electron chi connectivity index (χ2n) is 2.24. The van der Waals surface area contributed by atoms with E-state index in [2.05, 4.69) is 18.7 Å². The molecule has 0 rings (SSSR count). The molecule has 0 N–H and O–H groups in total. The Hall–Kier alpha value is 0.540. The maximum atomic E-state index is 5.84. The molecule has 1 unspecified atom stereocenters. The van der Waals surface area contributed by atoms with E-state index in [4.69, 9.17) is 23.2 Å². The van der Waals surface area contributed by atoms with Crippen LogP contribution >= 0.6 is 23.2 Å². The van der Waals surface area contributed by atoms with Crippen LogP contribution in [0.4, 0.5) is 0 Å². The van der Waals surface area contributed by atoms with Crippen molar-refractivity contribution in [3.63, 3.8) is 0 Å². The van der Waals surface area contributed by atoms with Crippen molar-refractivity contribution in [2.45, 2.75) is 19.2 Å². The third-order valence-electron chi connectivity index (χ3n) is 1.52. The summed E-state index contributed by atoms with van der Waals surface area (Å²) in [4.78, 5) is 2.26. The largest absolute Gasteiger partial charge is 0.302 e. The Bertz CT molecular complexity index is 74.0. The molecular weight excluding hydrogens is 169 g/mol. The Labute approximate surface area is 73.3 Å². The summed E-state index contributed by atoms with van der Waals surface area (Å²) in [5.41, 5.74) is 0. The van der Waals surface area contributed by atoms with Crippen LogP contribution in [-0.4, -0.2) is 35.8 Å². The topological polar surface area (TPSA) is 3.24 Å². The molecule has 0 fully saturated rings. The lowest BCUT2D eigenvalue weighted by Crippen LogP contribution is -2.30. The Kier molecular flexibility index (Phi) is 6.60. The van der Waals surface area contributed by atoms with Crippen molar-refractivity contribution >= 4 is 23.2 Å². The molecule has 0 aliphatic rings. The summed E-state index contributed by atoms with van der Waals surface area (Å²) >= 11 is 11.4. The lowest BCUT2D eigenvalue weighted by atomic mass is 10.4. The maximum Gasteiger partial charge on any atom is 0.0598 e. The third kappa shape index (κ3) is 4.37. The first-order chi connectivity index (χ1) is 4.74. The third-order valence-corrected chi connectivity index (χ3v) is 2.34. The molecule has 10 heavy (non-hydrogen) atoms. The number of nitrogens with zero attached hydrogens (tertiary/aromatic N) is 1. The summed E-state index contributed by atoms with van der Waals surface area (Å²) in [7, 11) is 0. The lowest BCUT2D eigenvalue weighted by Gasteiger charge is -2.19. The number of halogens is 2. The second-order valence-corrected chi connectivity index (χ2v) is 3.16. The highest BCUT2D eigenvalue weighted by atomic mass is 35.5. The van der Waals surface area contributed by atoms with Crippen molar-refractivity contribution < 1.29 is 0 Å². The fraction of sp³-hybridized carbons (Fsp3) is 1.00. The smallest absolute Gasteiger partial charge is 0.0598 e. The van der Waals surface area contributed by atoms with Gasteiger partial charge < -0.3 is 4.90 Å². The molecule has 0 aliphatic heterocycles. The van der Waals surface area contributed by atoms with Gasteiger partial charge >= 0.3 is 0 Å². The Morgan fingerprint density at radius 1 is 1.30 bits per heavy atom. The molecule has 0 saturated carbocycles. The average Bonchev–Trinajstić information content (AvgIpc) is 1.99. The van der Waals surface area contributed by atoms with Gasteiger partial charge in [-0.25, -0.2) is 0 Å². The van der Waals surface area contributed by atoms with Gasteiger partial charge in [0, 0.05) is 12.4 Å². The summed E-state index contributed by atoms with van der Waals surface area (Å²) in [5.74, 6) is 0.540. The first-order valence-electron chi connectivity index (χ1n) is 3.66. The van der Waals surface area contributed by atoms with E-state index in [1.807, 2.05) is 0 Å². The van der Waals surface area contributed by atoms with Crippen LogP contribution in [-0.2, 0) is 0 Å². The van der Waals surface area contributed by atoms with Gasteiger partial charge in [0.2, 0.25) is 0 Å². The zero-order chi connectivity index (χ0) is 7.98. The van der Waals surface area contributed by atoms with E-state index < -0.39 is 0 Å². The molecule has 0 aromatic carbocycles. The van der Waals surface area contributed by atoms with Crippen LogP contribution < -0.4 is 0 Å². The molecule has 62 valence electrons. The van der Waals surface area contributed by atoms with E-state index in [1.54, 1.807) is 0 Å². The highest BCUT2D eigenvalue weighted by molar-refractivity contribution is 6.28. The van der Waals surface area contributed by atoms with Crippen molar-refractivity contribution in [1.82, 2.24) is 4.90 Å². The first-order valence-corrected chi connectivity index (χ1v) is 4.64. The van der Waals surface area contributed by atoms with Crippen LogP contribution in [0.25, 0.3) is 0 Å². The summed E-state index contributed by atoms with van der Waals surface area (Å²) < 4.78 is 0. The van der Waals surface area contributed by atoms with E-state index in [-0.39, 0.29) is 5.38 Å². The minimum atomic E-state index is 0.0987. The van der Waals surface area contributed by atoms with Gasteiger partial charge in [0.15, 0.2) is 0 Å². The van der Waals surface area contributed by atoms with Crippen molar-refractivity contribution in [2.24, 2.45) is 0 Å². The van der Waals surface area contributed by atoms with E-state index >= 15 is 0 Å². The molecule has 0 amide bonds. The molecule has 0 saturated heterocycles.